The summed E-state index contributed by atoms with van der Waals surface area (Å²) in [5, 5.41) is 5.55. The summed E-state index contributed by atoms with van der Waals surface area (Å²) in [6.07, 6.45) is 5.74. The molecule has 3 aromatic heterocycles. The van der Waals surface area contributed by atoms with Crippen molar-refractivity contribution in [1.29, 1.82) is 0 Å². The number of amides is 2. The van der Waals surface area contributed by atoms with Gasteiger partial charge in [-0.2, -0.15) is 0 Å². The van der Waals surface area contributed by atoms with Gasteiger partial charge in [0.2, 0.25) is 17.8 Å². The Hall–Kier alpha value is -4.91. The van der Waals surface area contributed by atoms with Gasteiger partial charge in [-0.3, -0.25) is 24.7 Å². The average molecular weight is 883 g/mol. The zero-order valence-electron chi connectivity index (χ0n) is 36.2. The maximum atomic E-state index is 15.1. The second kappa shape index (κ2) is 20.7. The van der Waals surface area contributed by atoms with Crippen molar-refractivity contribution in [2.45, 2.75) is 83.1 Å². The Morgan fingerprint density at radius 1 is 0.905 bits per heavy atom. The predicted molar refractivity (Wildman–Crippen MR) is 238 cm³/mol. The number of hydrogen-bond donors (Lipinski definition) is 2. The third kappa shape index (κ3) is 11.1. The lowest BCUT2D eigenvalue weighted by Crippen LogP contribution is -2.50. The number of aromatic nitrogens is 5. The summed E-state index contributed by atoms with van der Waals surface area (Å²) in [6.45, 7) is 15.8. The van der Waals surface area contributed by atoms with Crippen LogP contribution in [-0.2, 0) is 38.7 Å². The number of piperazine rings is 1. The number of thioether (sulfide) groups is 1. The highest BCUT2D eigenvalue weighted by molar-refractivity contribution is 7.99. The zero-order chi connectivity index (χ0) is 43.9. The number of carbonyl (C=O) groups excluding carboxylic acids is 2. The van der Waals surface area contributed by atoms with E-state index in [1.54, 1.807) is 17.8 Å². The molecule has 0 radical (unpaired) electrons. The van der Waals surface area contributed by atoms with Crippen LogP contribution in [0.1, 0.15) is 68.1 Å². The number of imide groups is 1. The van der Waals surface area contributed by atoms with E-state index in [4.69, 9.17) is 9.47 Å². The molecular weight excluding hydrogens is 827 g/mol. The van der Waals surface area contributed by atoms with E-state index < -0.39 is 11.6 Å². The normalized spacial score (nSPS) is 17.5. The summed E-state index contributed by atoms with van der Waals surface area (Å²) < 4.78 is 43.9. The van der Waals surface area contributed by atoms with Crippen molar-refractivity contribution in [1.82, 2.24) is 44.5 Å². The van der Waals surface area contributed by atoms with Crippen molar-refractivity contribution in [3.8, 4) is 11.3 Å². The molecule has 0 saturated carbocycles. The van der Waals surface area contributed by atoms with Crippen LogP contribution in [0, 0.1) is 18.6 Å². The number of nitrogens with zero attached hydrogens (tertiary/aromatic N) is 8. The summed E-state index contributed by atoms with van der Waals surface area (Å²) in [5.41, 5.74) is 4.76. The van der Waals surface area contributed by atoms with E-state index in [9.17, 15) is 9.59 Å². The molecule has 8 rings (SSSR count). The third-order valence-corrected chi connectivity index (χ3v) is 12.9. The lowest BCUT2D eigenvalue weighted by atomic mass is 10.0. The molecule has 2 fully saturated rings. The Morgan fingerprint density at radius 2 is 1.70 bits per heavy atom. The van der Waals surface area contributed by atoms with Crippen LogP contribution in [-0.4, -0.2) is 122 Å². The van der Waals surface area contributed by atoms with Crippen LogP contribution in [0.5, 0.6) is 0 Å². The largest absolute Gasteiger partial charge is 0.381 e. The van der Waals surface area contributed by atoms with Gasteiger partial charge in [0.05, 0.1) is 24.4 Å². The topological polar surface area (TPSA) is 143 Å². The van der Waals surface area contributed by atoms with Crippen LogP contribution in [0.4, 0.5) is 20.5 Å². The van der Waals surface area contributed by atoms with Crippen molar-refractivity contribution in [3.05, 3.63) is 89.0 Å². The maximum Gasteiger partial charge on any atom is 0.243 e. The molecule has 1 atom stereocenters. The van der Waals surface area contributed by atoms with E-state index in [2.05, 4.69) is 63.5 Å². The fourth-order valence-electron chi connectivity index (χ4n) is 8.69. The number of ether oxygens (including phenoxy) is 2. The van der Waals surface area contributed by atoms with Crippen LogP contribution in [0.15, 0.2) is 59.8 Å². The second-order valence-corrected chi connectivity index (χ2v) is 17.8. The fourth-order valence-corrected chi connectivity index (χ4v) is 9.66. The van der Waals surface area contributed by atoms with E-state index in [1.807, 2.05) is 43.7 Å². The molecule has 0 bridgehead atoms. The lowest BCUT2D eigenvalue weighted by Gasteiger charge is -2.34. The molecule has 6 heterocycles. The van der Waals surface area contributed by atoms with E-state index in [1.165, 1.54) is 22.1 Å². The van der Waals surface area contributed by atoms with Gasteiger partial charge in [0, 0.05) is 107 Å². The smallest absolute Gasteiger partial charge is 0.243 e. The fraction of sp³-hybridized carbons (Fsp3) is 0.478. The second-order valence-electron chi connectivity index (χ2n) is 16.7. The molecule has 2 saturated heterocycles. The maximum absolute atomic E-state index is 15.1. The Labute approximate surface area is 371 Å². The minimum absolute atomic E-state index is 0.00825. The minimum Gasteiger partial charge on any atom is -0.381 e. The molecule has 2 N–H and O–H groups in total. The monoisotopic (exact) mass is 882 g/mol. The summed E-state index contributed by atoms with van der Waals surface area (Å²) >= 11 is 1.79. The lowest BCUT2D eigenvalue weighted by molar-refractivity contribution is -0.137. The van der Waals surface area contributed by atoms with Crippen LogP contribution in [0.25, 0.3) is 22.3 Å². The molecule has 334 valence electrons. The number of imidazole rings is 1. The molecular formula is C46H56F2N10O4S. The molecule has 2 aromatic carbocycles. The number of carbonyl (C=O) groups is 2. The highest BCUT2D eigenvalue weighted by Gasteiger charge is 2.35. The van der Waals surface area contributed by atoms with Crippen molar-refractivity contribution >= 4 is 46.4 Å². The average Bonchev–Trinajstić information content (AvgIpc) is 3.86. The van der Waals surface area contributed by atoms with Crippen LogP contribution < -0.4 is 10.6 Å². The first-order valence-corrected chi connectivity index (χ1v) is 22.9. The number of halogens is 2. The van der Waals surface area contributed by atoms with Gasteiger partial charge >= 0.3 is 0 Å². The standard InChI is InChI=1S/C46H56F2N10O4S/c1-30(2)58-31(3)51-44-36(47)23-34(24-39(44)58)43-37(48)26-50-46(54-43)52-41-11-9-32(25-49-41)27-56-16-14-55(15-17-56)13-5-18-61-19-6-20-62-21-22-63-40-8-4-7-33-28-57(29-35(33)40)38-10-12-42(59)53-45(38)60/h4,7-9,11,23-26,30,38H,5-6,10,12-22,27-29H2,1-3H3,(H,53,59,60)(H,49,50,52,54). The molecule has 63 heavy (non-hydrogen) atoms. The highest BCUT2D eigenvalue weighted by atomic mass is 32.2. The van der Waals surface area contributed by atoms with Gasteiger partial charge in [-0.05, 0) is 81.0 Å². The first-order chi connectivity index (χ1) is 30.6. The quantitative estimate of drug-likeness (QED) is 0.0520. The van der Waals surface area contributed by atoms with Crippen LogP contribution >= 0.6 is 11.8 Å². The molecule has 0 aliphatic carbocycles. The van der Waals surface area contributed by atoms with Crippen molar-refractivity contribution in [2.75, 3.05) is 70.2 Å². The van der Waals surface area contributed by atoms with Crippen LogP contribution in [0.2, 0.25) is 0 Å². The molecule has 1 unspecified atom stereocenters. The number of rotatable bonds is 19. The summed E-state index contributed by atoms with van der Waals surface area (Å²) in [6, 6.07) is 13.0. The number of anilines is 2. The van der Waals surface area contributed by atoms with Gasteiger partial charge in [-0.25, -0.2) is 28.7 Å². The number of fused-ring (bicyclic) bond motifs is 2. The zero-order valence-corrected chi connectivity index (χ0v) is 37.1. The molecule has 0 spiro atoms. The number of pyridine rings is 1. The number of nitrogens with one attached hydrogen (secondary N) is 2. The van der Waals surface area contributed by atoms with Gasteiger partial charge in [0.25, 0.3) is 0 Å². The Kier molecular flexibility index (Phi) is 14.7. The summed E-state index contributed by atoms with van der Waals surface area (Å²) in [4.78, 5) is 49.8. The van der Waals surface area contributed by atoms with Crippen molar-refractivity contribution in [3.63, 3.8) is 0 Å². The van der Waals surface area contributed by atoms with Crippen LogP contribution in [0.3, 0.4) is 0 Å². The first kappa shape index (κ1) is 44.7. The molecule has 3 aliphatic rings. The number of piperidine rings is 1. The third-order valence-electron chi connectivity index (χ3n) is 11.8. The molecule has 14 nitrogen and oxygen atoms in total. The van der Waals surface area contributed by atoms with Gasteiger partial charge in [-0.1, -0.05) is 18.2 Å². The van der Waals surface area contributed by atoms with Gasteiger partial charge < -0.3 is 24.3 Å². The molecule has 2 amide bonds. The van der Waals surface area contributed by atoms with E-state index in [-0.39, 0.29) is 41.1 Å². The van der Waals surface area contributed by atoms with Gasteiger partial charge in [0.1, 0.15) is 22.9 Å². The minimum atomic E-state index is -0.653. The van der Waals surface area contributed by atoms with Crippen molar-refractivity contribution in [2.24, 2.45) is 0 Å². The molecule has 3 aliphatic heterocycles. The first-order valence-electron chi connectivity index (χ1n) is 21.9. The predicted octanol–water partition coefficient (Wildman–Crippen LogP) is 6.64. The van der Waals surface area contributed by atoms with E-state index in [0.29, 0.717) is 55.4 Å². The Balaban J connectivity index is 0.681. The Morgan fingerprint density at radius 3 is 2.48 bits per heavy atom. The van der Waals surface area contributed by atoms with Crippen molar-refractivity contribution < 1.29 is 27.8 Å². The Bertz CT molecular complexity index is 2390. The summed E-state index contributed by atoms with van der Waals surface area (Å²) in [7, 11) is 0. The molecule has 17 heteroatoms. The summed E-state index contributed by atoms with van der Waals surface area (Å²) in [5.74, 6) is 0.686. The highest BCUT2D eigenvalue weighted by Crippen LogP contribution is 2.35. The molecule has 5 aromatic rings. The number of benzene rings is 2. The number of hydrogen-bond acceptors (Lipinski definition) is 13. The van der Waals surface area contributed by atoms with E-state index in [0.717, 1.165) is 89.3 Å². The van der Waals surface area contributed by atoms with E-state index >= 15 is 8.78 Å². The SMILES string of the molecule is Cc1nc2c(F)cc(-c3nc(Nc4ccc(CN5CCN(CCCOCCCOCCSc6cccc7c6CN(C6CCC(=O)NC6=O)C7)CC5)cn4)ncc3F)cc2n1C(C)C. The van der Waals surface area contributed by atoms with Gasteiger partial charge in [0.15, 0.2) is 11.6 Å². The number of aryl methyl sites for hydroxylation is 1. The van der Waals surface area contributed by atoms with Gasteiger partial charge in [-0.15, -0.1) is 11.8 Å².